The Labute approximate surface area is 180 Å². The van der Waals surface area contributed by atoms with Crippen LogP contribution < -0.4 is 10.6 Å². The summed E-state index contributed by atoms with van der Waals surface area (Å²) in [4.78, 5) is 4.39. The lowest BCUT2D eigenvalue weighted by Gasteiger charge is -2.21. The van der Waals surface area contributed by atoms with Crippen LogP contribution in [0.15, 0.2) is 23.2 Å². The Hall–Kier alpha value is -1.57. The molecule has 1 aromatic heterocycles. The standard InChI is InChI=1S/C21H31N5.HI/c1-14(18-11-10-17-8-6-7-9-19(17)12-18)24-21(22-4)23-13-20-15(2)25-26(5)16(20)3;/h10-12,14H,6-9,13H2,1-5H3,(H2,22,23,24);1H. The van der Waals surface area contributed by atoms with Crippen molar-refractivity contribution in [2.24, 2.45) is 12.0 Å². The molecule has 0 radical (unpaired) electrons. The molecular formula is C21H32IN5. The quantitative estimate of drug-likeness (QED) is 0.395. The highest BCUT2D eigenvalue weighted by atomic mass is 127. The molecule has 1 aliphatic carbocycles. The van der Waals surface area contributed by atoms with Crippen LogP contribution in [0.25, 0.3) is 0 Å². The number of aryl methyl sites for hydroxylation is 4. The zero-order valence-corrected chi connectivity index (χ0v) is 19.4. The average molecular weight is 481 g/mol. The van der Waals surface area contributed by atoms with Crippen molar-refractivity contribution < 1.29 is 0 Å². The van der Waals surface area contributed by atoms with Gasteiger partial charge in [-0.05, 0) is 63.1 Å². The summed E-state index contributed by atoms with van der Waals surface area (Å²) < 4.78 is 1.93. The van der Waals surface area contributed by atoms with E-state index in [1.54, 1.807) is 0 Å². The van der Waals surface area contributed by atoms with Gasteiger partial charge in [0.1, 0.15) is 0 Å². The first kappa shape index (κ1) is 21.7. The first-order valence-electron chi connectivity index (χ1n) is 9.57. The molecule has 2 N–H and O–H groups in total. The second kappa shape index (κ2) is 9.57. The lowest BCUT2D eigenvalue weighted by molar-refractivity contribution is 0.665. The maximum Gasteiger partial charge on any atom is 0.191 e. The van der Waals surface area contributed by atoms with Gasteiger partial charge in [-0.25, -0.2) is 0 Å². The highest BCUT2D eigenvalue weighted by molar-refractivity contribution is 14.0. The molecule has 0 spiro atoms. The number of aromatic nitrogens is 2. The number of hydrogen-bond donors (Lipinski definition) is 2. The molecule has 3 rings (SSSR count). The summed E-state index contributed by atoms with van der Waals surface area (Å²) in [5.74, 6) is 0.817. The largest absolute Gasteiger partial charge is 0.352 e. The molecule has 1 unspecified atom stereocenters. The summed E-state index contributed by atoms with van der Waals surface area (Å²) in [7, 11) is 3.80. The summed E-state index contributed by atoms with van der Waals surface area (Å²) in [6.45, 7) is 7.07. The smallest absolute Gasteiger partial charge is 0.191 e. The van der Waals surface area contributed by atoms with Crippen LogP contribution in [-0.2, 0) is 26.4 Å². The minimum atomic E-state index is 0. The third-order valence-corrected chi connectivity index (χ3v) is 5.54. The molecule has 148 valence electrons. The van der Waals surface area contributed by atoms with Gasteiger partial charge in [0.15, 0.2) is 5.96 Å². The molecule has 27 heavy (non-hydrogen) atoms. The van der Waals surface area contributed by atoms with E-state index in [4.69, 9.17) is 0 Å². The molecular weight excluding hydrogens is 449 g/mol. The molecule has 0 amide bonds. The van der Waals surface area contributed by atoms with Gasteiger partial charge in [0.25, 0.3) is 0 Å². The summed E-state index contributed by atoms with van der Waals surface area (Å²) in [6.07, 6.45) is 5.07. The average Bonchev–Trinajstić information content (AvgIpc) is 2.90. The second-order valence-electron chi connectivity index (χ2n) is 7.30. The van der Waals surface area contributed by atoms with Gasteiger partial charge in [-0.1, -0.05) is 18.2 Å². The van der Waals surface area contributed by atoms with E-state index in [0.717, 1.165) is 18.2 Å². The van der Waals surface area contributed by atoms with Crippen molar-refractivity contribution in [1.29, 1.82) is 0 Å². The monoisotopic (exact) mass is 481 g/mol. The Morgan fingerprint density at radius 1 is 1.22 bits per heavy atom. The molecule has 5 nitrogen and oxygen atoms in total. The van der Waals surface area contributed by atoms with Crippen LogP contribution in [0.1, 0.15) is 59.4 Å². The molecule has 0 aliphatic heterocycles. The highest BCUT2D eigenvalue weighted by Crippen LogP contribution is 2.24. The lowest BCUT2D eigenvalue weighted by atomic mass is 9.89. The maximum atomic E-state index is 4.48. The summed E-state index contributed by atoms with van der Waals surface area (Å²) in [5.41, 5.74) is 7.85. The van der Waals surface area contributed by atoms with Gasteiger partial charge >= 0.3 is 0 Å². The van der Waals surface area contributed by atoms with Crippen molar-refractivity contribution >= 4 is 29.9 Å². The first-order chi connectivity index (χ1) is 12.5. The molecule has 0 saturated heterocycles. The topological polar surface area (TPSA) is 54.2 Å². The molecule has 6 heteroatoms. The highest BCUT2D eigenvalue weighted by Gasteiger charge is 2.14. The van der Waals surface area contributed by atoms with E-state index >= 15 is 0 Å². The number of benzene rings is 1. The Bertz CT molecular complexity index is 809. The summed E-state index contributed by atoms with van der Waals surface area (Å²) in [6, 6.07) is 7.14. The SMILES string of the molecule is CN=C(NCc1c(C)nn(C)c1C)NC(C)c1ccc2c(c1)CCCC2.I. The predicted octanol–water partition coefficient (Wildman–Crippen LogP) is 3.96. The number of halogens is 1. The van der Waals surface area contributed by atoms with Gasteiger partial charge in [-0.3, -0.25) is 9.67 Å². The Morgan fingerprint density at radius 3 is 2.56 bits per heavy atom. The number of nitrogens with zero attached hydrogens (tertiary/aromatic N) is 3. The molecule has 1 atom stereocenters. The van der Waals surface area contributed by atoms with E-state index < -0.39 is 0 Å². The number of guanidine groups is 1. The van der Waals surface area contributed by atoms with Gasteiger partial charge in [0.05, 0.1) is 11.7 Å². The second-order valence-corrected chi connectivity index (χ2v) is 7.30. The molecule has 1 aromatic carbocycles. The fourth-order valence-corrected chi connectivity index (χ4v) is 3.75. The van der Waals surface area contributed by atoms with Gasteiger partial charge < -0.3 is 10.6 Å². The van der Waals surface area contributed by atoms with E-state index in [9.17, 15) is 0 Å². The first-order valence-corrected chi connectivity index (χ1v) is 9.57. The minimum Gasteiger partial charge on any atom is -0.352 e. The molecule has 1 aliphatic rings. The van der Waals surface area contributed by atoms with Gasteiger partial charge in [-0.15, -0.1) is 24.0 Å². The Morgan fingerprint density at radius 2 is 1.93 bits per heavy atom. The molecule has 0 saturated carbocycles. The Balaban J connectivity index is 0.00000261. The van der Waals surface area contributed by atoms with Crippen LogP contribution in [0.4, 0.5) is 0 Å². The van der Waals surface area contributed by atoms with Crippen LogP contribution in [0.3, 0.4) is 0 Å². The fourth-order valence-electron chi connectivity index (χ4n) is 3.75. The van der Waals surface area contributed by atoms with Crippen LogP contribution in [0.5, 0.6) is 0 Å². The van der Waals surface area contributed by atoms with Crippen molar-refractivity contribution in [3.63, 3.8) is 0 Å². The minimum absolute atomic E-state index is 0. The van der Waals surface area contributed by atoms with E-state index in [1.165, 1.54) is 53.6 Å². The van der Waals surface area contributed by atoms with Crippen LogP contribution in [0, 0.1) is 13.8 Å². The molecule has 2 aromatic rings. The zero-order chi connectivity index (χ0) is 18.7. The van der Waals surface area contributed by atoms with Crippen LogP contribution in [0.2, 0.25) is 0 Å². The fraction of sp³-hybridized carbons (Fsp3) is 0.524. The van der Waals surface area contributed by atoms with Gasteiger partial charge in [0.2, 0.25) is 0 Å². The number of nitrogens with one attached hydrogen (secondary N) is 2. The van der Waals surface area contributed by atoms with Crippen LogP contribution in [-0.4, -0.2) is 22.8 Å². The third-order valence-electron chi connectivity index (χ3n) is 5.54. The van der Waals surface area contributed by atoms with E-state index in [-0.39, 0.29) is 30.0 Å². The van der Waals surface area contributed by atoms with Gasteiger partial charge in [-0.2, -0.15) is 5.10 Å². The summed E-state index contributed by atoms with van der Waals surface area (Å²) >= 11 is 0. The van der Waals surface area contributed by atoms with Crippen molar-refractivity contribution in [3.8, 4) is 0 Å². The number of hydrogen-bond acceptors (Lipinski definition) is 2. The molecule has 1 heterocycles. The van der Waals surface area contributed by atoms with E-state index in [0.29, 0.717) is 0 Å². The maximum absolute atomic E-state index is 4.48. The van der Waals surface area contributed by atoms with E-state index in [2.05, 4.69) is 59.7 Å². The molecule has 0 fully saturated rings. The lowest BCUT2D eigenvalue weighted by Crippen LogP contribution is -2.38. The van der Waals surface area contributed by atoms with E-state index in [1.807, 2.05) is 18.8 Å². The van der Waals surface area contributed by atoms with Crippen molar-refractivity contribution in [2.75, 3.05) is 7.05 Å². The zero-order valence-electron chi connectivity index (χ0n) is 17.1. The predicted molar refractivity (Wildman–Crippen MR) is 123 cm³/mol. The van der Waals surface area contributed by atoms with Gasteiger partial charge in [0, 0.05) is 31.9 Å². The van der Waals surface area contributed by atoms with Crippen molar-refractivity contribution in [3.05, 3.63) is 51.8 Å². The molecule has 0 bridgehead atoms. The van der Waals surface area contributed by atoms with Crippen LogP contribution >= 0.6 is 24.0 Å². The van der Waals surface area contributed by atoms with Crippen molar-refractivity contribution in [1.82, 2.24) is 20.4 Å². The van der Waals surface area contributed by atoms with Crippen molar-refractivity contribution in [2.45, 2.75) is 59.0 Å². The number of rotatable bonds is 4. The normalized spacial score (nSPS) is 14.9. The third kappa shape index (κ3) is 5.03. The Kier molecular flexibility index (Phi) is 7.70. The number of fused-ring (bicyclic) bond motifs is 1. The number of aliphatic imine (C=N–C) groups is 1. The summed E-state index contributed by atoms with van der Waals surface area (Å²) in [5, 5.41) is 11.4.